The first-order valence-electron chi connectivity index (χ1n) is 4.46. The molecule has 0 spiro atoms. The second-order valence-electron chi connectivity index (χ2n) is 3.16. The summed E-state index contributed by atoms with van der Waals surface area (Å²) in [6, 6.07) is 3.66. The molecule has 1 fully saturated rings. The van der Waals surface area contributed by atoms with Gasteiger partial charge in [0.25, 0.3) is 5.91 Å². The van der Waals surface area contributed by atoms with E-state index in [1.807, 2.05) is 5.32 Å². The van der Waals surface area contributed by atoms with E-state index in [9.17, 15) is 14.0 Å². The SMILES string of the molecule is COc1ccc(F)cc1C1OC(=O)NC1=O. The summed E-state index contributed by atoms with van der Waals surface area (Å²) in [5.41, 5.74) is 0.186. The highest BCUT2D eigenvalue weighted by Crippen LogP contribution is 2.30. The van der Waals surface area contributed by atoms with Gasteiger partial charge in [-0.3, -0.25) is 10.1 Å². The molecule has 1 atom stereocenters. The Morgan fingerprint density at radius 1 is 1.44 bits per heavy atom. The molecule has 84 valence electrons. The molecule has 0 radical (unpaired) electrons. The van der Waals surface area contributed by atoms with Crippen molar-refractivity contribution in [2.75, 3.05) is 7.11 Å². The molecular formula is C10H8FNO4. The Morgan fingerprint density at radius 3 is 2.75 bits per heavy atom. The molecule has 1 unspecified atom stereocenters. The second-order valence-corrected chi connectivity index (χ2v) is 3.16. The number of imide groups is 1. The smallest absolute Gasteiger partial charge is 0.415 e. The fourth-order valence-corrected chi connectivity index (χ4v) is 1.47. The van der Waals surface area contributed by atoms with Crippen LogP contribution in [0.4, 0.5) is 9.18 Å². The van der Waals surface area contributed by atoms with Gasteiger partial charge in [-0.15, -0.1) is 0 Å². The quantitative estimate of drug-likeness (QED) is 0.819. The minimum atomic E-state index is -1.15. The monoisotopic (exact) mass is 225 g/mol. The number of benzene rings is 1. The van der Waals surface area contributed by atoms with Crippen LogP contribution in [-0.2, 0) is 9.53 Å². The van der Waals surface area contributed by atoms with Crippen molar-refractivity contribution in [1.82, 2.24) is 5.32 Å². The highest BCUT2D eigenvalue weighted by atomic mass is 19.1. The van der Waals surface area contributed by atoms with Crippen molar-refractivity contribution >= 4 is 12.0 Å². The van der Waals surface area contributed by atoms with E-state index in [-0.39, 0.29) is 11.3 Å². The summed E-state index contributed by atoms with van der Waals surface area (Å²) in [5.74, 6) is -0.878. The Morgan fingerprint density at radius 2 is 2.19 bits per heavy atom. The molecule has 0 aliphatic carbocycles. The van der Waals surface area contributed by atoms with Crippen molar-refractivity contribution in [3.05, 3.63) is 29.6 Å². The molecule has 1 aliphatic rings. The van der Waals surface area contributed by atoms with Gasteiger partial charge in [0.2, 0.25) is 6.10 Å². The van der Waals surface area contributed by atoms with E-state index in [1.54, 1.807) is 0 Å². The third-order valence-electron chi connectivity index (χ3n) is 2.16. The summed E-state index contributed by atoms with van der Waals surface area (Å²) in [5, 5.41) is 1.96. The van der Waals surface area contributed by atoms with Crippen molar-refractivity contribution in [3.63, 3.8) is 0 Å². The van der Waals surface area contributed by atoms with Crippen LogP contribution in [0, 0.1) is 5.82 Å². The van der Waals surface area contributed by atoms with Gasteiger partial charge in [-0.2, -0.15) is 0 Å². The molecule has 0 aromatic heterocycles. The molecule has 1 N–H and O–H groups in total. The summed E-state index contributed by atoms with van der Waals surface area (Å²) in [4.78, 5) is 22.2. The number of halogens is 1. The summed E-state index contributed by atoms with van der Waals surface area (Å²) in [6.45, 7) is 0. The minimum Gasteiger partial charge on any atom is -0.496 e. The number of cyclic esters (lactones) is 1. The van der Waals surface area contributed by atoms with Gasteiger partial charge in [0.05, 0.1) is 7.11 Å². The van der Waals surface area contributed by atoms with Gasteiger partial charge in [0.1, 0.15) is 11.6 Å². The second kappa shape index (κ2) is 3.80. The molecule has 2 rings (SSSR count). The van der Waals surface area contributed by atoms with Crippen molar-refractivity contribution in [3.8, 4) is 5.75 Å². The van der Waals surface area contributed by atoms with E-state index < -0.39 is 23.9 Å². The number of alkyl carbamates (subject to hydrolysis) is 1. The molecule has 1 aromatic rings. The van der Waals surface area contributed by atoms with Gasteiger partial charge in [-0.1, -0.05) is 0 Å². The van der Waals surface area contributed by atoms with Crippen molar-refractivity contribution in [2.45, 2.75) is 6.10 Å². The molecule has 1 saturated heterocycles. The third-order valence-corrected chi connectivity index (χ3v) is 2.16. The average Bonchev–Trinajstić information content (AvgIpc) is 2.57. The van der Waals surface area contributed by atoms with E-state index in [0.29, 0.717) is 0 Å². The van der Waals surface area contributed by atoms with Gasteiger partial charge in [0.15, 0.2) is 0 Å². The van der Waals surface area contributed by atoms with Crippen LogP contribution in [-0.4, -0.2) is 19.1 Å². The van der Waals surface area contributed by atoms with E-state index in [4.69, 9.17) is 9.47 Å². The lowest BCUT2D eigenvalue weighted by Gasteiger charge is -2.11. The first-order chi connectivity index (χ1) is 7.61. The Hall–Kier alpha value is -2.11. The zero-order valence-corrected chi connectivity index (χ0v) is 8.32. The number of carbonyl (C=O) groups is 2. The van der Waals surface area contributed by atoms with Gasteiger partial charge in [-0.25, -0.2) is 9.18 Å². The molecule has 1 heterocycles. The maximum Gasteiger partial charge on any atom is 0.415 e. The first kappa shape index (κ1) is 10.4. The number of ether oxygens (including phenoxy) is 2. The molecule has 2 amide bonds. The van der Waals surface area contributed by atoms with Crippen LogP contribution in [0.2, 0.25) is 0 Å². The van der Waals surface area contributed by atoms with Crippen LogP contribution in [0.15, 0.2) is 18.2 Å². The van der Waals surface area contributed by atoms with Crippen LogP contribution in [0.5, 0.6) is 5.75 Å². The summed E-state index contributed by atoms with van der Waals surface area (Å²) >= 11 is 0. The standard InChI is InChI=1S/C10H8FNO4/c1-15-7-3-2-5(11)4-6(7)8-9(13)12-10(14)16-8/h2-4,8H,1H3,(H,12,13,14). The Balaban J connectivity index is 2.42. The number of carbonyl (C=O) groups excluding carboxylic acids is 2. The summed E-state index contributed by atoms with van der Waals surface area (Å²) in [7, 11) is 1.38. The fraction of sp³-hybridized carbons (Fsp3) is 0.200. The van der Waals surface area contributed by atoms with Gasteiger partial charge < -0.3 is 9.47 Å². The molecule has 6 heteroatoms. The minimum absolute atomic E-state index is 0.186. The van der Waals surface area contributed by atoms with Crippen LogP contribution in [0.1, 0.15) is 11.7 Å². The van der Waals surface area contributed by atoms with E-state index >= 15 is 0 Å². The molecule has 1 aliphatic heterocycles. The zero-order valence-electron chi connectivity index (χ0n) is 8.32. The van der Waals surface area contributed by atoms with Gasteiger partial charge in [-0.05, 0) is 18.2 Å². The van der Waals surface area contributed by atoms with Crippen LogP contribution < -0.4 is 10.1 Å². The Kier molecular flexibility index (Phi) is 2.47. The normalized spacial score (nSPS) is 19.2. The lowest BCUT2D eigenvalue weighted by Crippen LogP contribution is -2.20. The number of hydrogen-bond acceptors (Lipinski definition) is 4. The van der Waals surface area contributed by atoms with Crippen molar-refractivity contribution in [2.24, 2.45) is 0 Å². The van der Waals surface area contributed by atoms with E-state index in [1.165, 1.54) is 19.2 Å². The largest absolute Gasteiger partial charge is 0.496 e. The maximum atomic E-state index is 13.0. The molecular weight excluding hydrogens is 217 g/mol. The third kappa shape index (κ3) is 1.69. The van der Waals surface area contributed by atoms with Crippen LogP contribution in [0.25, 0.3) is 0 Å². The number of amides is 2. The molecule has 16 heavy (non-hydrogen) atoms. The predicted octanol–water partition coefficient (Wildman–Crippen LogP) is 1.14. The first-order valence-corrected chi connectivity index (χ1v) is 4.46. The topological polar surface area (TPSA) is 64.6 Å². The Labute approximate surface area is 90.2 Å². The van der Waals surface area contributed by atoms with E-state index in [2.05, 4.69) is 0 Å². The van der Waals surface area contributed by atoms with Gasteiger partial charge in [0, 0.05) is 5.56 Å². The molecule has 5 nitrogen and oxygen atoms in total. The number of rotatable bonds is 2. The van der Waals surface area contributed by atoms with E-state index in [0.717, 1.165) is 6.07 Å². The van der Waals surface area contributed by atoms with Gasteiger partial charge >= 0.3 is 6.09 Å². The highest BCUT2D eigenvalue weighted by molar-refractivity contribution is 6.00. The fourth-order valence-electron chi connectivity index (χ4n) is 1.47. The molecule has 0 bridgehead atoms. The number of nitrogens with one attached hydrogen (secondary N) is 1. The highest BCUT2D eigenvalue weighted by Gasteiger charge is 2.35. The lowest BCUT2D eigenvalue weighted by molar-refractivity contribution is -0.123. The lowest BCUT2D eigenvalue weighted by atomic mass is 10.1. The van der Waals surface area contributed by atoms with Crippen molar-refractivity contribution in [1.29, 1.82) is 0 Å². The van der Waals surface area contributed by atoms with Crippen LogP contribution >= 0.6 is 0 Å². The average molecular weight is 225 g/mol. The van der Waals surface area contributed by atoms with Crippen LogP contribution in [0.3, 0.4) is 0 Å². The summed E-state index contributed by atoms with van der Waals surface area (Å²) < 4.78 is 22.7. The number of methoxy groups -OCH3 is 1. The predicted molar refractivity (Wildman–Crippen MR) is 50.3 cm³/mol. The number of hydrogen-bond donors (Lipinski definition) is 1. The van der Waals surface area contributed by atoms with Crippen molar-refractivity contribution < 1.29 is 23.5 Å². The maximum absolute atomic E-state index is 13.0. The Bertz CT molecular complexity index is 460. The molecule has 0 saturated carbocycles. The zero-order chi connectivity index (χ0) is 11.7. The molecule has 1 aromatic carbocycles. The summed E-state index contributed by atoms with van der Waals surface area (Å²) in [6.07, 6.45) is -2.00.